The van der Waals surface area contributed by atoms with Crippen molar-refractivity contribution < 1.29 is 8.81 Å². The number of hydrogen-bond donors (Lipinski definition) is 0. The first-order valence-corrected chi connectivity index (χ1v) is 5.36. The molecule has 13 heavy (non-hydrogen) atoms. The molecule has 0 bridgehead atoms. The number of thioether (sulfide) groups is 1. The van der Waals surface area contributed by atoms with Crippen LogP contribution < -0.4 is 0 Å². The number of rotatable bonds is 2. The zero-order chi connectivity index (χ0) is 9.26. The summed E-state index contributed by atoms with van der Waals surface area (Å²) >= 11 is 1.66. The first-order chi connectivity index (χ1) is 6.33. The summed E-state index contributed by atoms with van der Waals surface area (Å²) in [4.78, 5) is 0. The third-order valence-electron chi connectivity index (χ3n) is 1.92. The summed E-state index contributed by atoms with van der Waals surface area (Å²) in [5.74, 6) is 0.587. The largest absolute Gasteiger partial charge is 0.464 e. The summed E-state index contributed by atoms with van der Waals surface area (Å²) in [6.07, 6.45) is 3.62. The molecule has 0 saturated heterocycles. The number of halogens is 1. The van der Waals surface area contributed by atoms with Crippen LogP contribution in [0.5, 0.6) is 0 Å². The van der Waals surface area contributed by atoms with Gasteiger partial charge in [0, 0.05) is 11.3 Å². The van der Waals surface area contributed by atoms with Gasteiger partial charge in [0.25, 0.3) is 0 Å². The second-order valence-electron chi connectivity index (χ2n) is 2.81. The Hall–Kier alpha value is -0.960. The number of hydrogen-bond acceptors (Lipinski definition) is 2. The van der Waals surface area contributed by atoms with Gasteiger partial charge in [0.05, 0.1) is 11.6 Å². The zero-order valence-electron chi connectivity index (χ0n) is 7.21. The Kier molecular flexibility index (Phi) is 2.27. The van der Waals surface area contributed by atoms with Crippen LogP contribution in [-0.4, -0.2) is 6.26 Å². The fourth-order valence-corrected chi connectivity index (χ4v) is 1.89. The minimum atomic E-state index is -0.199. The van der Waals surface area contributed by atoms with Crippen molar-refractivity contribution in [1.82, 2.24) is 0 Å². The molecule has 0 aliphatic carbocycles. The maximum atomic E-state index is 13.3. The van der Waals surface area contributed by atoms with Crippen molar-refractivity contribution in [2.45, 2.75) is 5.75 Å². The molecule has 0 unspecified atom stereocenters. The topological polar surface area (TPSA) is 13.1 Å². The van der Waals surface area contributed by atoms with Gasteiger partial charge in [-0.25, -0.2) is 4.39 Å². The van der Waals surface area contributed by atoms with E-state index in [4.69, 9.17) is 4.42 Å². The summed E-state index contributed by atoms with van der Waals surface area (Å²) in [6.45, 7) is 0. The molecule has 0 aliphatic heterocycles. The highest BCUT2D eigenvalue weighted by atomic mass is 32.2. The maximum absolute atomic E-state index is 13.3. The standard InChI is InChI=1S/C10H9FOS/c1-13-6-7-5-12-9-4-2-3-8(11)10(7)9/h2-5H,6H2,1H3. The Bertz CT molecular complexity index is 422. The average molecular weight is 196 g/mol. The van der Waals surface area contributed by atoms with Gasteiger partial charge in [-0.2, -0.15) is 11.8 Å². The summed E-state index contributed by atoms with van der Waals surface area (Å²) < 4.78 is 18.6. The molecule has 0 N–H and O–H groups in total. The first kappa shape index (κ1) is 8.63. The van der Waals surface area contributed by atoms with Gasteiger partial charge < -0.3 is 4.42 Å². The number of furan rings is 1. The molecule has 68 valence electrons. The Morgan fingerprint density at radius 3 is 3.08 bits per heavy atom. The predicted molar refractivity (Wildman–Crippen MR) is 53.4 cm³/mol. The van der Waals surface area contributed by atoms with E-state index < -0.39 is 0 Å². The minimum Gasteiger partial charge on any atom is -0.464 e. The smallest absolute Gasteiger partial charge is 0.137 e. The summed E-state index contributed by atoms with van der Waals surface area (Å²) in [5, 5.41) is 0.622. The van der Waals surface area contributed by atoms with Gasteiger partial charge in [-0.05, 0) is 18.4 Å². The van der Waals surface area contributed by atoms with Crippen molar-refractivity contribution >= 4 is 22.7 Å². The van der Waals surface area contributed by atoms with Crippen LogP contribution in [0.4, 0.5) is 4.39 Å². The lowest BCUT2D eigenvalue weighted by molar-refractivity contribution is 0.608. The Morgan fingerprint density at radius 1 is 1.46 bits per heavy atom. The SMILES string of the molecule is CSCc1coc2cccc(F)c12. The van der Waals surface area contributed by atoms with Crippen LogP contribution in [0.15, 0.2) is 28.9 Å². The Balaban J connectivity index is 2.64. The highest BCUT2D eigenvalue weighted by molar-refractivity contribution is 7.97. The third kappa shape index (κ3) is 1.44. The van der Waals surface area contributed by atoms with Crippen LogP contribution in [0, 0.1) is 5.82 Å². The highest BCUT2D eigenvalue weighted by Gasteiger charge is 2.08. The zero-order valence-corrected chi connectivity index (χ0v) is 8.03. The molecule has 2 aromatic rings. The molecule has 0 fully saturated rings. The molecule has 2 rings (SSSR count). The second kappa shape index (κ2) is 3.42. The van der Waals surface area contributed by atoms with Gasteiger partial charge in [-0.15, -0.1) is 0 Å². The van der Waals surface area contributed by atoms with Crippen molar-refractivity contribution in [2.24, 2.45) is 0 Å². The van der Waals surface area contributed by atoms with Crippen molar-refractivity contribution in [3.05, 3.63) is 35.8 Å². The highest BCUT2D eigenvalue weighted by Crippen LogP contribution is 2.26. The van der Waals surface area contributed by atoms with Crippen molar-refractivity contribution in [3.63, 3.8) is 0 Å². The molecule has 3 heteroatoms. The van der Waals surface area contributed by atoms with Crippen LogP contribution in [0.3, 0.4) is 0 Å². The lowest BCUT2D eigenvalue weighted by atomic mass is 10.2. The Labute approximate surface area is 79.9 Å². The summed E-state index contributed by atoms with van der Waals surface area (Å²) in [7, 11) is 0. The van der Waals surface area contributed by atoms with E-state index in [0.29, 0.717) is 11.0 Å². The molecule has 0 saturated carbocycles. The van der Waals surface area contributed by atoms with Crippen LogP contribution in [-0.2, 0) is 5.75 Å². The molecule has 0 atom stereocenters. The average Bonchev–Trinajstić information content (AvgIpc) is 2.51. The predicted octanol–water partition coefficient (Wildman–Crippen LogP) is 3.43. The van der Waals surface area contributed by atoms with E-state index in [1.54, 1.807) is 30.2 Å². The van der Waals surface area contributed by atoms with Gasteiger partial charge in [0.15, 0.2) is 0 Å². The molecule has 1 aromatic heterocycles. The molecule has 0 radical (unpaired) electrons. The van der Waals surface area contributed by atoms with E-state index in [2.05, 4.69) is 0 Å². The Morgan fingerprint density at radius 2 is 2.31 bits per heavy atom. The van der Waals surface area contributed by atoms with Gasteiger partial charge >= 0.3 is 0 Å². The lowest BCUT2D eigenvalue weighted by Gasteiger charge is -1.94. The van der Waals surface area contributed by atoms with Crippen LogP contribution in [0.25, 0.3) is 11.0 Å². The normalized spacial score (nSPS) is 10.9. The van der Waals surface area contributed by atoms with E-state index in [-0.39, 0.29) is 5.82 Å². The van der Waals surface area contributed by atoms with E-state index in [9.17, 15) is 4.39 Å². The minimum absolute atomic E-state index is 0.199. The van der Waals surface area contributed by atoms with Crippen molar-refractivity contribution in [2.75, 3.05) is 6.26 Å². The lowest BCUT2D eigenvalue weighted by Crippen LogP contribution is -1.80. The first-order valence-electron chi connectivity index (χ1n) is 3.96. The molecule has 1 aromatic carbocycles. The summed E-state index contributed by atoms with van der Waals surface area (Å²) in [5.41, 5.74) is 1.56. The summed E-state index contributed by atoms with van der Waals surface area (Å²) in [6, 6.07) is 4.90. The van der Waals surface area contributed by atoms with Crippen molar-refractivity contribution in [3.8, 4) is 0 Å². The third-order valence-corrected chi connectivity index (χ3v) is 2.52. The molecular weight excluding hydrogens is 187 g/mol. The van der Waals surface area contributed by atoms with Gasteiger partial charge in [0.1, 0.15) is 11.4 Å². The molecule has 1 nitrogen and oxygen atoms in total. The molecule has 0 spiro atoms. The van der Waals surface area contributed by atoms with E-state index in [0.717, 1.165) is 11.3 Å². The monoisotopic (exact) mass is 196 g/mol. The quantitative estimate of drug-likeness (QED) is 0.730. The molecule has 0 aliphatic rings. The maximum Gasteiger partial charge on any atom is 0.137 e. The molecule has 1 heterocycles. The second-order valence-corrected chi connectivity index (χ2v) is 3.67. The van der Waals surface area contributed by atoms with Crippen LogP contribution in [0.2, 0.25) is 0 Å². The molecular formula is C10H9FOS. The van der Waals surface area contributed by atoms with E-state index in [1.807, 2.05) is 6.26 Å². The fraction of sp³-hybridized carbons (Fsp3) is 0.200. The van der Waals surface area contributed by atoms with Crippen LogP contribution in [0.1, 0.15) is 5.56 Å². The van der Waals surface area contributed by atoms with Crippen molar-refractivity contribution in [1.29, 1.82) is 0 Å². The van der Waals surface area contributed by atoms with Gasteiger partial charge in [0.2, 0.25) is 0 Å². The van der Waals surface area contributed by atoms with Gasteiger partial charge in [-0.1, -0.05) is 6.07 Å². The number of fused-ring (bicyclic) bond motifs is 1. The molecule has 0 amide bonds. The van der Waals surface area contributed by atoms with Crippen LogP contribution >= 0.6 is 11.8 Å². The van der Waals surface area contributed by atoms with E-state index >= 15 is 0 Å². The van der Waals surface area contributed by atoms with Gasteiger partial charge in [-0.3, -0.25) is 0 Å². The fourth-order valence-electron chi connectivity index (χ4n) is 1.37. The van der Waals surface area contributed by atoms with E-state index in [1.165, 1.54) is 6.07 Å². The number of benzene rings is 1.